The molecule has 7 heteroatoms. The molecule has 22 heavy (non-hydrogen) atoms. The number of halogens is 3. The van der Waals surface area contributed by atoms with Crippen LogP contribution in [0.1, 0.15) is 40.0 Å². The molecule has 1 aromatic heterocycles. The highest BCUT2D eigenvalue weighted by molar-refractivity contribution is 5.48. The van der Waals surface area contributed by atoms with Crippen molar-refractivity contribution in [3.05, 3.63) is 12.1 Å². The van der Waals surface area contributed by atoms with Crippen LogP contribution in [-0.4, -0.2) is 34.5 Å². The van der Waals surface area contributed by atoms with Crippen LogP contribution in [0.4, 0.5) is 19.0 Å². The standard InChI is InChI=1S/C15H21F3N2O2/c1-14(2,3)22-13-9-10(21)8-12(19-13)20-7-5-4-6-11(20)15(16,17)18/h8-9,11H,4-7H2,1-3H3,(H,19,21). The van der Waals surface area contributed by atoms with Gasteiger partial charge in [-0.05, 0) is 40.0 Å². The SMILES string of the molecule is CC(C)(C)Oc1cc(O)cc(N2CCCCC2C(F)(F)F)n1. The molecule has 0 aromatic carbocycles. The fourth-order valence-corrected chi connectivity index (χ4v) is 2.54. The van der Waals surface area contributed by atoms with E-state index < -0.39 is 17.8 Å². The van der Waals surface area contributed by atoms with E-state index in [-0.39, 0.29) is 30.4 Å². The van der Waals surface area contributed by atoms with Gasteiger partial charge in [0, 0.05) is 18.7 Å². The first-order valence-corrected chi connectivity index (χ1v) is 7.30. The second-order valence-corrected chi connectivity index (χ2v) is 6.48. The maximum Gasteiger partial charge on any atom is 0.408 e. The van der Waals surface area contributed by atoms with Crippen molar-refractivity contribution in [3.63, 3.8) is 0 Å². The third kappa shape index (κ3) is 4.18. The zero-order valence-electron chi connectivity index (χ0n) is 12.9. The van der Waals surface area contributed by atoms with Crippen LogP contribution in [0.5, 0.6) is 11.6 Å². The van der Waals surface area contributed by atoms with Crippen molar-refractivity contribution in [2.24, 2.45) is 0 Å². The van der Waals surface area contributed by atoms with Crippen LogP contribution in [0.25, 0.3) is 0 Å². The molecule has 0 amide bonds. The van der Waals surface area contributed by atoms with Gasteiger partial charge < -0.3 is 14.7 Å². The van der Waals surface area contributed by atoms with E-state index in [2.05, 4.69) is 4.98 Å². The molecule has 1 aliphatic rings. The summed E-state index contributed by atoms with van der Waals surface area (Å²) in [6.07, 6.45) is -3.08. The molecule has 1 aliphatic heterocycles. The number of aromatic nitrogens is 1. The van der Waals surface area contributed by atoms with Crippen LogP contribution < -0.4 is 9.64 Å². The van der Waals surface area contributed by atoms with Gasteiger partial charge in [0.15, 0.2) is 0 Å². The van der Waals surface area contributed by atoms with Gasteiger partial charge in [0.1, 0.15) is 23.2 Å². The lowest BCUT2D eigenvalue weighted by molar-refractivity contribution is -0.152. The fourth-order valence-electron chi connectivity index (χ4n) is 2.54. The first-order valence-electron chi connectivity index (χ1n) is 7.30. The molecule has 4 nitrogen and oxygen atoms in total. The van der Waals surface area contributed by atoms with Crippen LogP contribution in [0.2, 0.25) is 0 Å². The van der Waals surface area contributed by atoms with Crippen molar-refractivity contribution < 1.29 is 23.0 Å². The van der Waals surface area contributed by atoms with Crippen LogP contribution in [0.15, 0.2) is 12.1 Å². The van der Waals surface area contributed by atoms with Gasteiger partial charge in [-0.1, -0.05) is 0 Å². The molecule has 0 spiro atoms. The molecule has 1 saturated heterocycles. The summed E-state index contributed by atoms with van der Waals surface area (Å²) in [6, 6.07) is 0.985. The average Bonchev–Trinajstić information content (AvgIpc) is 2.35. The number of rotatable bonds is 2. The number of pyridine rings is 1. The smallest absolute Gasteiger partial charge is 0.408 e. The summed E-state index contributed by atoms with van der Waals surface area (Å²) in [5.41, 5.74) is -0.552. The maximum absolute atomic E-state index is 13.2. The number of hydrogen-bond donors (Lipinski definition) is 1. The molecule has 124 valence electrons. The number of piperidine rings is 1. The summed E-state index contributed by atoms with van der Waals surface area (Å²) >= 11 is 0. The van der Waals surface area contributed by atoms with Crippen molar-refractivity contribution in [1.29, 1.82) is 0 Å². The molecule has 1 N–H and O–H groups in total. The predicted molar refractivity (Wildman–Crippen MR) is 77.3 cm³/mol. The number of hydrogen-bond acceptors (Lipinski definition) is 4. The summed E-state index contributed by atoms with van der Waals surface area (Å²) in [7, 11) is 0. The van der Waals surface area contributed by atoms with E-state index in [9.17, 15) is 18.3 Å². The summed E-state index contributed by atoms with van der Waals surface area (Å²) in [6.45, 7) is 5.67. The molecule has 0 bridgehead atoms. The van der Waals surface area contributed by atoms with E-state index in [4.69, 9.17) is 4.74 Å². The summed E-state index contributed by atoms with van der Waals surface area (Å²) < 4.78 is 45.1. The number of nitrogens with zero attached hydrogens (tertiary/aromatic N) is 2. The summed E-state index contributed by atoms with van der Waals surface area (Å²) in [5, 5.41) is 9.78. The van der Waals surface area contributed by atoms with Gasteiger partial charge in [-0.3, -0.25) is 0 Å². The molecule has 0 radical (unpaired) electrons. The minimum absolute atomic E-state index is 0.0380. The van der Waals surface area contributed by atoms with Crippen molar-refractivity contribution in [3.8, 4) is 11.6 Å². The molecule has 2 heterocycles. The molecule has 1 aromatic rings. The van der Waals surface area contributed by atoms with Crippen LogP contribution in [0.3, 0.4) is 0 Å². The third-order valence-corrected chi connectivity index (χ3v) is 3.36. The highest BCUT2D eigenvalue weighted by Crippen LogP contribution is 2.36. The molecular weight excluding hydrogens is 297 g/mol. The van der Waals surface area contributed by atoms with E-state index in [1.807, 2.05) is 0 Å². The molecule has 0 saturated carbocycles. The van der Waals surface area contributed by atoms with Gasteiger partial charge >= 0.3 is 6.18 Å². The highest BCUT2D eigenvalue weighted by atomic mass is 19.4. The van der Waals surface area contributed by atoms with Crippen LogP contribution in [-0.2, 0) is 0 Å². The molecule has 1 unspecified atom stereocenters. The molecule has 1 fully saturated rings. The predicted octanol–water partition coefficient (Wildman–Crippen LogP) is 3.89. The van der Waals surface area contributed by atoms with Gasteiger partial charge in [0.25, 0.3) is 0 Å². The number of aromatic hydroxyl groups is 1. The second-order valence-electron chi connectivity index (χ2n) is 6.48. The lowest BCUT2D eigenvalue weighted by Crippen LogP contribution is -2.49. The Morgan fingerprint density at radius 2 is 1.91 bits per heavy atom. The Hall–Kier alpha value is -1.66. The van der Waals surface area contributed by atoms with Crippen molar-refractivity contribution in [1.82, 2.24) is 4.98 Å². The molecule has 2 rings (SSSR count). The first-order chi connectivity index (χ1) is 10.1. The number of ether oxygens (including phenoxy) is 1. The second kappa shape index (κ2) is 5.85. The fraction of sp³-hybridized carbons (Fsp3) is 0.667. The van der Waals surface area contributed by atoms with Crippen LogP contribution in [0, 0.1) is 0 Å². The van der Waals surface area contributed by atoms with E-state index in [1.165, 1.54) is 17.0 Å². The zero-order chi connectivity index (χ0) is 16.5. The van der Waals surface area contributed by atoms with Crippen molar-refractivity contribution >= 4 is 5.82 Å². The maximum atomic E-state index is 13.2. The monoisotopic (exact) mass is 318 g/mol. The minimum atomic E-state index is -4.32. The van der Waals surface area contributed by atoms with Crippen LogP contribution >= 0.6 is 0 Å². The Kier molecular flexibility index (Phi) is 4.44. The normalized spacial score (nSPS) is 20.1. The largest absolute Gasteiger partial charge is 0.508 e. The Labute approximate surface area is 127 Å². The number of alkyl halides is 3. The Morgan fingerprint density at radius 1 is 1.23 bits per heavy atom. The van der Waals surface area contributed by atoms with E-state index in [1.54, 1.807) is 20.8 Å². The first kappa shape index (κ1) is 16.7. The Balaban J connectivity index is 2.33. The highest BCUT2D eigenvalue weighted by Gasteiger charge is 2.45. The Bertz CT molecular complexity index is 526. The van der Waals surface area contributed by atoms with Crippen molar-refractivity contribution in [2.45, 2.75) is 57.9 Å². The molecular formula is C15H21F3N2O2. The summed E-state index contributed by atoms with van der Waals surface area (Å²) in [4.78, 5) is 5.36. The molecule has 0 aliphatic carbocycles. The van der Waals surface area contributed by atoms with Gasteiger partial charge in [-0.25, -0.2) is 0 Å². The van der Waals surface area contributed by atoms with Gasteiger partial charge in [-0.2, -0.15) is 18.2 Å². The lowest BCUT2D eigenvalue weighted by Gasteiger charge is -2.37. The van der Waals surface area contributed by atoms with E-state index in [0.717, 1.165) is 0 Å². The lowest BCUT2D eigenvalue weighted by atomic mass is 10.0. The van der Waals surface area contributed by atoms with E-state index >= 15 is 0 Å². The zero-order valence-corrected chi connectivity index (χ0v) is 12.9. The van der Waals surface area contributed by atoms with Gasteiger partial charge in [-0.15, -0.1) is 0 Å². The Morgan fingerprint density at radius 3 is 2.50 bits per heavy atom. The summed E-state index contributed by atoms with van der Waals surface area (Å²) in [5.74, 6) is 0.0611. The average molecular weight is 318 g/mol. The van der Waals surface area contributed by atoms with Gasteiger partial charge in [0.2, 0.25) is 5.88 Å². The number of anilines is 1. The van der Waals surface area contributed by atoms with E-state index in [0.29, 0.717) is 12.8 Å². The minimum Gasteiger partial charge on any atom is -0.508 e. The van der Waals surface area contributed by atoms with Gasteiger partial charge in [0.05, 0.1) is 0 Å². The third-order valence-electron chi connectivity index (χ3n) is 3.36. The quantitative estimate of drug-likeness (QED) is 0.899. The molecule has 1 atom stereocenters. The van der Waals surface area contributed by atoms with Crippen molar-refractivity contribution in [2.75, 3.05) is 11.4 Å². The topological polar surface area (TPSA) is 45.6 Å².